The highest BCUT2D eigenvalue weighted by Crippen LogP contribution is 2.30. The zero-order chi connectivity index (χ0) is 21.7. The molecule has 4 aromatic rings. The Labute approximate surface area is 188 Å². The summed E-state index contributed by atoms with van der Waals surface area (Å²) in [6.45, 7) is 6.69. The predicted octanol–water partition coefficient (Wildman–Crippen LogP) is 7.04. The van der Waals surface area contributed by atoms with E-state index in [0.29, 0.717) is 0 Å². The van der Waals surface area contributed by atoms with Crippen LogP contribution in [0.2, 0.25) is 0 Å². The lowest BCUT2D eigenvalue weighted by Crippen LogP contribution is -2.10. The molecule has 0 bridgehead atoms. The van der Waals surface area contributed by atoms with Crippen LogP contribution in [0.15, 0.2) is 96.2 Å². The van der Waals surface area contributed by atoms with E-state index < -0.39 is 0 Å². The van der Waals surface area contributed by atoms with Gasteiger partial charge in [0.2, 0.25) is 0 Å². The van der Waals surface area contributed by atoms with Crippen LogP contribution in [-0.4, -0.2) is 20.5 Å². The maximum atomic E-state index is 4.56. The molecule has 0 spiro atoms. The van der Waals surface area contributed by atoms with E-state index in [0.717, 1.165) is 28.0 Å². The van der Waals surface area contributed by atoms with Gasteiger partial charge < -0.3 is 0 Å². The van der Waals surface area contributed by atoms with E-state index in [1.165, 1.54) is 11.1 Å². The van der Waals surface area contributed by atoms with E-state index >= 15 is 0 Å². The molecule has 0 unspecified atom stereocenters. The van der Waals surface area contributed by atoms with Crippen molar-refractivity contribution in [3.63, 3.8) is 0 Å². The number of rotatable bonds is 6. The number of benzene rings is 3. The Bertz CT molecular complexity index is 1140. The minimum Gasteiger partial charge on any atom is -0.270 e. The fraction of sp³-hybridized carbons (Fsp3) is 0.185. The summed E-state index contributed by atoms with van der Waals surface area (Å²) in [5, 5.41) is 9.97. The molecule has 0 aliphatic rings. The van der Waals surface area contributed by atoms with Gasteiger partial charge in [-0.2, -0.15) is 0 Å². The van der Waals surface area contributed by atoms with Gasteiger partial charge in [-0.15, -0.1) is 10.2 Å². The summed E-state index contributed by atoms with van der Waals surface area (Å²) in [6.07, 6.45) is 4.31. The largest absolute Gasteiger partial charge is 0.270 e. The van der Waals surface area contributed by atoms with Crippen LogP contribution in [0.3, 0.4) is 0 Å². The van der Waals surface area contributed by atoms with Crippen molar-refractivity contribution in [2.45, 2.75) is 31.3 Å². The summed E-state index contributed by atoms with van der Waals surface area (Å²) in [5.41, 5.74) is 4.76. The summed E-state index contributed by atoms with van der Waals surface area (Å²) in [4.78, 5) is 0. The van der Waals surface area contributed by atoms with Crippen LogP contribution in [0.25, 0.3) is 23.2 Å². The molecule has 1 heterocycles. The van der Waals surface area contributed by atoms with Gasteiger partial charge in [-0.3, -0.25) is 4.57 Å². The highest BCUT2D eigenvalue weighted by atomic mass is 32.2. The lowest BCUT2D eigenvalue weighted by Gasteiger charge is -2.19. The lowest BCUT2D eigenvalue weighted by atomic mass is 9.87. The maximum absolute atomic E-state index is 4.56. The van der Waals surface area contributed by atoms with Crippen LogP contribution >= 0.6 is 11.8 Å². The molecule has 4 heteroatoms. The Balaban J connectivity index is 1.62. The van der Waals surface area contributed by atoms with Gasteiger partial charge >= 0.3 is 0 Å². The molecule has 0 amide bonds. The number of hydrogen-bond acceptors (Lipinski definition) is 3. The molecule has 156 valence electrons. The minimum atomic E-state index is 0.123. The quantitative estimate of drug-likeness (QED) is 0.310. The van der Waals surface area contributed by atoms with Crippen molar-refractivity contribution in [3.05, 3.63) is 102 Å². The molecular weight excluding hydrogens is 398 g/mol. The molecular formula is C27H27N3S. The van der Waals surface area contributed by atoms with Gasteiger partial charge in [0.25, 0.3) is 0 Å². The monoisotopic (exact) mass is 425 g/mol. The van der Waals surface area contributed by atoms with Crippen LogP contribution in [-0.2, 0) is 5.41 Å². The molecule has 0 radical (unpaired) electrons. The average Bonchev–Trinajstić information content (AvgIpc) is 3.21. The second kappa shape index (κ2) is 9.36. The van der Waals surface area contributed by atoms with E-state index in [1.54, 1.807) is 11.8 Å². The van der Waals surface area contributed by atoms with E-state index in [1.807, 2.05) is 24.3 Å². The van der Waals surface area contributed by atoms with Gasteiger partial charge in [-0.05, 0) is 28.7 Å². The fourth-order valence-electron chi connectivity index (χ4n) is 3.35. The molecule has 0 saturated carbocycles. The van der Waals surface area contributed by atoms with Crippen molar-refractivity contribution in [3.8, 4) is 17.1 Å². The zero-order valence-electron chi connectivity index (χ0n) is 18.2. The zero-order valence-corrected chi connectivity index (χ0v) is 19.0. The van der Waals surface area contributed by atoms with Crippen LogP contribution in [0.4, 0.5) is 0 Å². The SMILES string of the molecule is CC(C)(C)c1ccc(-c2nnc(SCC=Cc3ccccc3)n2-c2ccccc2)cc1. The minimum absolute atomic E-state index is 0.123. The van der Waals surface area contributed by atoms with Crippen LogP contribution in [0.5, 0.6) is 0 Å². The molecule has 4 rings (SSSR count). The molecule has 0 aliphatic carbocycles. The Morgan fingerprint density at radius 2 is 1.45 bits per heavy atom. The van der Waals surface area contributed by atoms with Crippen LogP contribution in [0.1, 0.15) is 31.9 Å². The molecule has 0 saturated heterocycles. The van der Waals surface area contributed by atoms with Crippen LogP contribution < -0.4 is 0 Å². The standard InChI is InChI=1S/C27H27N3S/c1-27(2,3)23-18-16-22(17-19-23)25-28-29-26(30(25)24-14-8-5-9-15-24)31-20-10-13-21-11-6-4-7-12-21/h4-19H,20H2,1-3H3. The predicted molar refractivity (Wildman–Crippen MR) is 132 cm³/mol. The molecule has 1 aromatic heterocycles. The van der Waals surface area contributed by atoms with Crippen molar-refractivity contribution in [2.75, 3.05) is 5.75 Å². The first kappa shape index (κ1) is 21.1. The lowest BCUT2D eigenvalue weighted by molar-refractivity contribution is 0.590. The first-order valence-corrected chi connectivity index (χ1v) is 11.5. The Morgan fingerprint density at radius 1 is 0.806 bits per heavy atom. The van der Waals surface area contributed by atoms with Gasteiger partial charge in [-0.25, -0.2) is 0 Å². The molecule has 3 aromatic carbocycles. The summed E-state index contributed by atoms with van der Waals surface area (Å²) < 4.78 is 2.15. The van der Waals surface area contributed by atoms with E-state index in [-0.39, 0.29) is 5.41 Å². The Kier molecular flexibility index (Phi) is 6.38. The fourth-order valence-corrected chi connectivity index (χ4v) is 4.11. The van der Waals surface area contributed by atoms with Crippen molar-refractivity contribution >= 4 is 17.8 Å². The van der Waals surface area contributed by atoms with Crippen molar-refractivity contribution in [1.29, 1.82) is 0 Å². The summed E-state index contributed by atoms with van der Waals surface area (Å²) in [7, 11) is 0. The third-order valence-electron chi connectivity index (χ3n) is 5.08. The second-order valence-electron chi connectivity index (χ2n) is 8.43. The highest BCUT2D eigenvalue weighted by Gasteiger charge is 2.17. The summed E-state index contributed by atoms with van der Waals surface area (Å²) >= 11 is 1.69. The van der Waals surface area contributed by atoms with Gasteiger partial charge in [0.1, 0.15) is 0 Å². The van der Waals surface area contributed by atoms with Crippen molar-refractivity contribution < 1.29 is 0 Å². The number of para-hydroxylation sites is 1. The third kappa shape index (κ3) is 5.15. The molecule has 3 nitrogen and oxygen atoms in total. The molecule has 0 fully saturated rings. The third-order valence-corrected chi connectivity index (χ3v) is 5.96. The molecule has 0 atom stereocenters. The van der Waals surface area contributed by atoms with Gasteiger partial charge in [0.05, 0.1) is 0 Å². The molecule has 0 aliphatic heterocycles. The number of aromatic nitrogens is 3. The maximum Gasteiger partial charge on any atom is 0.196 e. The highest BCUT2D eigenvalue weighted by molar-refractivity contribution is 7.99. The average molecular weight is 426 g/mol. The van der Waals surface area contributed by atoms with Gasteiger partial charge in [-0.1, -0.05) is 117 Å². The van der Waals surface area contributed by atoms with Crippen LogP contribution in [0, 0.1) is 0 Å². The van der Waals surface area contributed by atoms with E-state index in [4.69, 9.17) is 0 Å². The van der Waals surface area contributed by atoms with Gasteiger partial charge in [0.15, 0.2) is 11.0 Å². The van der Waals surface area contributed by atoms with E-state index in [2.05, 4.69) is 108 Å². The van der Waals surface area contributed by atoms with Gasteiger partial charge in [0, 0.05) is 17.0 Å². The molecule has 0 N–H and O–H groups in total. The first-order valence-electron chi connectivity index (χ1n) is 10.5. The van der Waals surface area contributed by atoms with Crippen molar-refractivity contribution in [2.24, 2.45) is 0 Å². The first-order chi connectivity index (χ1) is 15.0. The summed E-state index contributed by atoms with van der Waals surface area (Å²) in [6, 6.07) is 29.3. The van der Waals surface area contributed by atoms with Crippen molar-refractivity contribution in [1.82, 2.24) is 14.8 Å². The molecule has 31 heavy (non-hydrogen) atoms. The Hall–Kier alpha value is -3.11. The second-order valence-corrected chi connectivity index (χ2v) is 9.42. The number of thioether (sulfide) groups is 1. The normalized spacial score (nSPS) is 11.8. The topological polar surface area (TPSA) is 30.7 Å². The number of hydrogen-bond donors (Lipinski definition) is 0. The Morgan fingerprint density at radius 3 is 2.10 bits per heavy atom. The summed E-state index contributed by atoms with van der Waals surface area (Å²) in [5.74, 6) is 1.68. The van der Waals surface area contributed by atoms with E-state index in [9.17, 15) is 0 Å². The number of nitrogens with zero attached hydrogens (tertiary/aromatic N) is 3. The smallest absolute Gasteiger partial charge is 0.196 e.